The van der Waals surface area contributed by atoms with E-state index in [-0.39, 0.29) is 0 Å². The Hall–Kier alpha value is -7.26. The number of allylic oxidation sites excluding steroid dienone is 4. The number of hydrogen-bond acceptors (Lipinski definition) is 2. The first-order valence-corrected chi connectivity index (χ1v) is 21.6. The molecule has 0 bridgehead atoms. The van der Waals surface area contributed by atoms with Crippen LogP contribution >= 0.6 is 11.3 Å². The lowest BCUT2D eigenvalue weighted by Crippen LogP contribution is -2.10. The highest BCUT2D eigenvalue weighted by molar-refractivity contribution is 7.25. The highest BCUT2D eigenvalue weighted by atomic mass is 32.1. The smallest absolute Gasteiger partial charge is 0.0468 e. The van der Waals surface area contributed by atoms with E-state index in [1.54, 1.807) is 0 Å². The average Bonchev–Trinajstić information content (AvgIpc) is 3.70. The molecule has 0 amide bonds. The van der Waals surface area contributed by atoms with Gasteiger partial charge in [-0.1, -0.05) is 164 Å². The number of hydrogen-bond donors (Lipinski definition) is 0. The lowest BCUT2D eigenvalue weighted by atomic mass is 9.90. The van der Waals surface area contributed by atoms with E-state index in [1.165, 1.54) is 86.6 Å². The Morgan fingerprint density at radius 1 is 0.367 bits per heavy atom. The first-order valence-electron chi connectivity index (χ1n) is 20.8. The van der Waals surface area contributed by atoms with Crippen LogP contribution in [0.2, 0.25) is 0 Å². The molecule has 0 unspecified atom stereocenters. The van der Waals surface area contributed by atoms with E-state index >= 15 is 0 Å². The highest BCUT2D eigenvalue weighted by Gasteiger charge is 2.18. The van der Waals surface area contributed by atoms with Gasteiger partial charge in [-0.2, -0.15) is 0 Å². The van der Waals surface area contributed by atoms with Gasteiger partial charge >= 0.3 is 0 Å². The molecule has 0 fully saturated rings. The maximum Gasteiger partial charge on any atom is 0.0468 e. The van der Waals surface area contributed by atoms with Gasteiger partial charge in [0.05, 0.1) is 0 Å². The third-order valence-electron chi connectivity index (χ3n) is 11.9. The molecule has 0 radical (unpaired) electrons. The summed E-state index contributed by atoms with van der Waals surface area (Å²) in [6, 6.07) is 75.8. The molecule has 0 aliphatic heterocycles. The van der Waals surface area contributed by atoms with Gasteiger partial charge in [0.2, 0.25) is 0 Å². The summed E-state index contributed by atoms with van der Waals surface area (Å²) in [6.45, 7) is 0. The molecule has 0 saturated carbocycles. The van der Waals surface area contributed by atoms with Gasteiger partial charge in [0.15, 0.2) is 0 Å². The molecule has 0 saturated heterocycles. The average molecular weight is 784 g/mol. The van der Waals surface area contributed by atoms with Crippen LogP contribution in [-0.4, -0.2) is 0 Å². The van der Waals surface area contributed by atoms with E-state index in [1.807, 2.05) is 11.3 Å². The lowest BCUT2D eigenvalue weighted by Gasteiger charge is -2.27. The van der Waals surface area contributed by atoms with Gasteiger partial charge in [0, 0.05) is 37.2 Å². The van der Waals surface area contributed by atoms with Crippen molar-refractivity contribution in [3.05, 3.63) is 230 Å². The topological polar surface area (TPSA) is 3.24 Å². The van der Waals surface area contributed by atoms with E-state index in [2.05, 4.69) is 229 Å². The minimum atomic E-state index is 1.06. The lowest BCUT2D eigenvalue weighted by molar-refractivity contribution is 1.05. The Bertz CT molecular complexity index is 3250. The number of thiophene rings is 1. The summed E-state index contributed by atoms with van der Waals surface area (Å²) in [5.41, 5.74) is 15.8. The van der Waals surface area contributed by atoms with Crippen LogP contribution in [0.5, 0.6) is 0 Å². The van der Waals surface area contributed by atoms with E-state index in [9.17, 15) is 0 Å². The minimum absolute atomic E-state index is 1.06. The number of rotatable bonds is 8. The monoisotopic (exact) mass is 783 g/mol. The van der Waals surface area contributed by atoms with Crippen molar-refractivity contribution in [1.29, 1.82) is 0 Å². The van der Waals surface area contributed by atoms with Crippen molar-refractivity contribution < 1.29 is 0 Å². The summed E-state index contributed by atoms with van der Waals surface area (Å²) in [4.78, 5) is 2.41. The van der Waals surface area contributed by atoms with Crippen molar-refractivity contribution in [2.75, 3.05) is 4.90 Å². The van der Waals surface area contributed by atoms with Crippen LogP contribution in [0.25, 0.3) is 81.0 Å². The molecular formula is C58H41NS. The van der Waals surface area contributed by atoms with Gasteiger partial charge in [-0.15, -0.1) is 11.3 Å². The van der Waals surface area contributed by atoms with Crippen molar-refractivity contribution >= 4 is 64.9 Å². The second-order valence-corrected chi connectivity index (χ2v) is 16.7. The van der Waals surface area contributed by atoms with Crippen molar-refractivity contribution in [2.24, 2.45) is 0 Å². The van der Waals surface area contributed by atoms with Crippen LogP contribution in [-0.2, 0) is 0 Å². The molecular weight excluding hydrogens is 743 g/mol. The first kappa shape index (κ1) is 35.9. The molecule has 0 atom stereocenters. The van der Waals surface area contributed by atoms with Crippen LogP contribution in [0.15, 0.2) is 224 Å². The molecule has 1 nitrogen and oxygen atoms in total. The molecule has 284 valence electrons. The Balaban J connectivity index is 0.941. The first-order chi connectivity index (χ1) is 29.7. The van der Waals surface area contributed by atoms with E-state index in [0.29, 0.717) is 0 Å². The maximum absolute atomic E-state index is 2.41. The Morgan fingerprint density at radius 2 is 0.967 bits per heavy atom. The largest absolute Gasteiger partial charge is 0.310 e. The minimum Gasteiger partial charge on any atom is -0.310 e. The van der Waals surface area contributed by atoms with Gasteiger partial charge in [-0.05, 0) is 140 Å². The van der Waals surface area contributed by atoms with Crippen LogP contribution in [0.4, 0.5) is 17.1 Å². The highest BCUT2D eigenvalue weighted by Crippen LogP contribution is 2.43. The number of nitrogens with zero attached hydrogens (tertiary/aromatic N) is 1. The SMILES string of the molecule is C1=CCCC(c2ccccc2-c2cccc(N(c3ccc(-c4ccc(-c5cccc(-c6ccc7ccccc7c6)c5)cc4)cc3)c3ccc4sc5ccccc5c4c3)c2)=C1. The van der Waals surface area contributed by atoms with Gasteiger partial charge < -0.3 is 4.90 Å². The van der Waals surface area contributed by atoms with Crippen LogP contribution < -0.4 is 4.90 Å². The summed E-state index contributed by atoms with van der Waals surface area (Å²) >= 11 is 1.86. The second-order valence-electron chi connectivity index (χ2n) is 15.6. The Kier molecular flexibility index (Phi) is 9.26. The number of benzene rings is 9. The van der Waals surface area contributed by atoms with Gasteiger partial charge in [-0.3, -0.25) is 0 Å². The summed E-state index contributed by atoms with van der Waals surface area (Å²) in [5, 5.41) is 5.11. The molecule has 60 heavy (non-hydrogen) atoms. The van der Waals surface area contributed by atoms with Gasteiger partial charge in [0.25, 0.3) is 0 Å². The molecule has 1 heterocycles. The maximum atomic E-state index is 2.41. The molecule has 11 rings (SSSR count). The van der Waals surface area contributed by atoms with Gasteiger partial charge in [0.1, 0.15) is 0 Å². The molecule has 1 aliphatic carbocycles. The van der Waals surface area contributed by atoms with Crippen molar-refractivity contribution in [3.8, 4) is 44.5 Å². The quantitative estimate of drug-likeness (QED) is 0.148. The fourth-order valence-corrected chi connectivity index (χ4v) is 9.95. The summed E-state index contributed by atoms with van der Waals surface area (Å²) in [6.07, 6.45) is 8.86. The molecule has 0 N–H and O–H groups in total. The van der Waals surface area contributed by atoms with E-state index < -0.39 is 0 Å². The van der Waals surface area contributed by atoms with Crippen molar-refractivity contribution in [3.63, 3.8) is 0 Å². The van der Waals surface area contributed by atoms with Gasteiger partial charge in [-0.25, -0.2) is 0 Å². The van der Waals surface area contributed by atoms with Crippen molar-refractivity contribution in [1.82, 2.24) is 0 Å². The van der Waals surface area contributed by atoms with Crippen LogP contribution in [0.1, 0.15) is 18.4 Å². The molecule has 9 aromatic carbocycles. The zero-order valence-electron chi connectivity index (χ0n) is 33.1. The number of fused-ring (bicyclic) bond motifs is 4. The third kappa shape index (κ3) is 6.81. The predicted molar refractivity (Wildman–Crippen MR) is 260 cm³/mol. The normalized spacial score (nSPS) is 12.6. The fraction of sp³-hybridized carbons (Fsp3) is 0.0345. The molecule has 0 spiro atoms. The summed E-state index contributed by atoms with van der Waals surface area (Å²) in [5.74, 6) is 0. The molecule has 1 aliphatic rings. The standard InChI is InChI=1S/C58H41NS/c1-2-13-44(14-3-1)53-20-6-7-21-54(53)49-18-11-19-51(38-49)59(52-34-35-58-56(39-52)55-22-8-9-23-57(55)60-58)50-32-30-42(31-33-50)41-24-26-43(27-25-41)46-16-10-17-47(36-46)48-29-28-40-12-4-5-15-45(40)37-48/h1-2,4-13,15-39H,3,14H2. The van der Waals surface area contributed by atoms with Crippen molar-refractivity contribution in [2.45, 2.75) is 12.8 Å². The third-order valence-corrected chi connectivity index (χ3v) is 13.1. The van der Waals surface area contributed by atoms with Crippen LogP contribution in [0, 0.1) is 0 Å². The number of anilines is 3. The Morgan fingerprint density at radius 3 is 1.78 bits per heavy atom. The Labute approximate surface area is 355 Å². The molecule has 10 aromatic rings. The van der Waals surface area contributed by atoms with Crippen LogP contribution in [0.3, 0.4) is 0 Å². The van der Waals surface area contributed by atoms with E-state index in [4.69, 9.17) is 0 Å². The molecule has 1 aromatic heterocycles. The fourth-order valence-electron chi connectivity index (χ4n) is 8.86. The zero-order chi connectivity index (χ0) is 39.8. The summed E-state index contributed by atoms with van der Waals surface area (Å²) in [7, 11) is 0. The summed E-state index contributed by atoms with van der Waals surface area (Å²) < 4.78 is 2.62. The predicted octanol–water partition coefficient (Wildman–Crippen LogP) is 17.1. The zero-order valence-corrected chi connectivity index (χ0v) is 33.9. The van der Waals surface area contributed by atoms with E-state index in [0.717, 1.165) is 29.9 Å². The molecule has 2 heteroatoms. The second kappa shape index (κ2) is 15.5.